The van der Waals surface area contributed by atoms with Crippen LogP contribution >= 0.6 is 0 Å². The summed E-state index contributed by atoms with van der Waals surface area (Å²) >= 11 is 0. The highest BCUT2D eigenvalue weighted by Crippen LogP contribution is 2.25. The van der Waals surface area contributed by atoms with Crippen LogP contribution < -0.4 is 10.6 Å². The van der Waals surface area contributed by atoms with Crippen LogP contribution in [0.2, 0.25) is 0 Å². The molecule has 2 rings (SSSR count). The summed E-state index contributed by atoms with van der Waals surface area (Å²) in [6.07, 6.45) is 1.73. The first-order chi connectivity index (χ1) is 10.1. The summed E-state index contributed by atoms with van der Waals surface area (Å²) in [4.78, 5) is 25.9. The number of carbonyl (C=O) groups excluding carboxylic acids is 1. The highest BCUT2D eigenvalue weighted by atomic mass is 16.6. The van der Waals surface area contributed by atoms with Crippen molar-refractivity contribution in [2.45, 2.75) is 6.42 Å². The van der Waals surface area contributed by atoms with E-state index in [0.29, 0.717) is 24.5 Å². The van der Waals surface area contributed by atoms with Crippen LogP contribution in [0.4, 0.5) is 11.4 Å². The Kier molecular flexibility index (Phi) is 4.44. The van der Waals surface area contributed by atoms with E-state index in [9.17, 15) is 14.9 Å². The third kappa shape index (κ3) is 3.53. The number of anilines is 1. The van der Waals surface area contributed by atoms with Crippen molar-refractivity contribution in [3.05, 3.63) is 46.1 Å². The summed E-state index contributed by atoms with van der Waals surface area (Å²) in [6.45, 7) is 0.391. The lowest BCUT2D eigenvalue weighted by atomic mass is 10.1. The molecule has 0 bridgehead atoms. The van der Waals surface area contributed by atoms with Gasteiger partial charge in [-0.2, -0.15) is 4.98 Å². The van der Waals surface area contributed by atoms with E-state index in [2.05, 4.69) is 20.8 Å². The highest BCUT2D eigenvalue weighted by molar-refractivity contribution is 5.95. The Hall–Kier alpha value is -2.97. The van der Waals surface area contributed by atoms with Gasteiger partial charge in [0.25, 0.3) is 11.6 Å². The molecule has 9 nitrogen and oxygen atoms in total. The van der Waals surface area contributed by atoms with Gasteiger partial charge in [0.15, 0.2) is 6.33 Å². The number of amides is 1. The summed E-state index contributed by atoms with van der Waals surface area (Å²) < 4.78 is 4.83. The molecule has 0 fully saturated rings. The Balaban J connectivity index is 2.11. The van der Waals surface area contributed by atoms with Crippen molar-refractivity contribution in [3.63, 3.8) is 0 Å². The molecule has 110 valence electrons. The first-order valence-corrected chi connectivity index (χ1v) is 6.11. The molecule has 2 aromatic rings. The molecular formula is C12H13N5O4. The van der Waals surface area contributed by atoms with Gasteiger partial charge in [0.05, 0.1) is 4.92 Å². The van der Waals surface area contributed by atoms with E-state index in [1.54, 1.807) is 0 Å². The second-order valence-corrected chi connectivity index (χ2v) is 4.08. The van der Waals surface area contributed by atoms with E-state index >= 15 is 0 Å². The van der Waals surface area contributed by atoms with Crippen LogP contribution in [-0.2, 0) is 6.42 Å². The number of nitro benzene ring substituents is 1. The fourth-order valence-corrected chi connectivity index (χ4v) is 1.73. The van der Waals surface area contributed by atoms with Gasteiger partial charge in [-0.15, -0.1) is 0 Å². The molecule has 0 aliphatic carbocycles. The van der Waals surface area contributed by atoms with Gasteiger partial charge in [-0.1, -0.05) is 5.16 Å². The van der Waals surface area contributed by atoms with Crippen molar-refractivity contribution in [1.82, 2.24) is 15.5 Å². The maximum atomic E-state index is 11.5. The third-order valence-electron chi connectivity index (χ3n) is 2.74. The van der Waals surface area contributed by atoms with Gasteiger partial charge in [-0.05, 0) is 12.1 Å². The predicted molar refractivity (Wildman–Crippen MR) is 73.0 cm³/mol. The summed E-state index contributed by atoms with van der Waals surface area (Å²) in [5, 5.41) is 19.9. The van der Waals surface area contributed by atoms with E-state index in [0.717, 1.165) is 0 Å². The van der Waals surface area contributed by atoms with Crippen LogP contribution in [0.3, 0.4) is 0 Å². The molecule has 1 heterocycles. The van der Waals surface area contributed by atoms with Gasteiger partial charge in [0.1, 0.15) is 5.69 Å². The van der Waals surface area contributed by atoms with Crippen molar-refractivity contribution in [3.8, 4) is 0 Å². The largest absolute Gasteiger partial charge is 0.379 e. The smallest absolute Gasteiger partial charge is 0.293 e. The van der Waals surface area contributed by atoms with E-state index in [-0.39, 0.29) is 17.2 Å². The molecule has 0 aliphatic heterocycles. The lowest BCUT2D eigenvalue weighted by molar-refractivity contribution is -0.384. The molecule has 0 unspecified atom stereocenters. The van der Waals surface area contributed by atoms with E-state index in [1.807, 2.05) is 0 Å². The van der Waals surface area contributed by atoms with Gasteiger partial charge in [-0.3, -0.25) is 14.9 Å². The third-order valence-corrected chi connectivity index (χ3v) is 2.74. The van der Waals surface area contributed by atoms with Crippen LogP contribution in [0.5, 0.6) is 0 Å². The van der Waals surface area contributed by atoms with Gasteiger partial charge in [0, 0.05) is 31.6 Å². The molecule has 1 aromatic heterocycles. The first-order valence-electron chi connectivity index (χ1n) is 6.11. The average molecular weight is 291 g/mol. The van der Waals surface area contributed by atoms with Gasteiger partial charge < -0.3 is 15.2 Å². The molecule has 0 radical (unpaired) electrons. The van der Waals surface area contributed by atoms with Crippen LogP contribution in [0.15, 0.2) is 29.0 Å². The molecule has 0 spiro atoms. The first kappa shape index (κ1) is 14.4. The van der Waals surface area contributed by atoms with Gasteiger partial charge >= 0.3 is 0 Å². The fourth-order valence-electron chi connectivity index (χ4n) is 1.73. The van der Waals surface area contributed by atoms with Crippen molar-refractivity contribution >= 4 is 17.3 Å². The zero-order valence-electron chi connectivity index (χ0n) is 11.2. The Morgan fingerprint density at radius 2 is 2.29 bits per heavy atom. The number of rotatable bonds is 6. The van der Waals surface area contributed by atoms with Crippen LogP contribution in [0.1, 0.15) is 16.2 Å². The lowest BCUT2D eigenvalue weighted by Crippen LogP contribution is -2.18. The monoisotopic (exact) mass is 291 g/mol. The lowest BCUT2D eigenvalue weighted by Gasteiger charge is -2.07. The minimum absolute atomic E-state index is 0.165. The molecule has 21 heavy (non-hydrogen) atoms. The molecule has 0 atom stereocenters. The summed E-state index contributed by atoms with van der Waals surface area (Å²) in [5.74, 6) is 0.0580. The zero-order valence-corrected chi connectivity index (χ0v) is 11.2. The minimum atomic E-state index is -0.540. The maximum absolute atomic E-state index is 11.5. The molecule has 2 N–H and O–H groups in total. The number of benzene rings is 1. The number of nitro groups is 1. The van der Waals surface area contributed by atoms with E-state index < -0.39 is 4.92 Å². The predicted octanol–water partition coefficient (Wildman–Crippen LogP) is 0.992. The Morgan fingerprint density at radius 1 is 1.48 bits per heavy atom. The Bertz CT molecular complexity index is 641. The SMILES string of the molecule is CNC(=O)c1ccc(NCCc2ncno2)c([N+](=O)[O-])c1. The Labute approximate surface area is 119 Å². The fraction of sp³-hybridized carbons (Fsp3) is 0.250. The second-order valence-electron chi connectivity index (χ2n) is 4.08. The maximum Gasteiger partial charge on any atom is 0.293 e. The van der Waals surface area contributed by atoms with Crippen LogP contribution in [-0.4, -0.2) is 34.6 Å². The second kappa shape index (κ2) is 6.46. The minimum Gasteiger partial charge on any atom is -0.379 e. The number of hydrogen-bond acceptors (Lipinski definition) is 7. The molecule has 1 aromatic carbocycles. The molecule has 1 amide bonds. The summed E-state index contributed by atoms with van der Waals surface area (Å²) in [6, 6.07) is 4.24. The van der Waals surface area contributed by atoms with Crippen molar-refractivity contribution < 1.29 is 14.2 Å². The normalized spacial score (nSPS) is 10.1. The van der Waals surface area contributed by atoms with Crippen LogP contribution in [0, 0.1) is 10.1 Å². The summed E-state index contributed by atoms with van der Waals surface area (Å²) in [5.41, 5.74) is 0.389. The Morgan fingerprint density at radius 3 is 2.90 bits per heavy atom. The standard InChI is InChI=1S/C12H13N5O4/c1-13-12(18)8-2-3-9(10(6-8)17(19)20)14-5-4-11-15-7-16-21-11/h2-3,6-7,14H,4-5H2,1H3,(H,13,18). The number of aromatic nitrogens is 2. The van der Waals surface area contributed by atoms with Crippen molar-refractivity contribution in [2.24, 2.45) is 0 Å². The average Bonchev–Trinajstić information content (AvgIpc) is 2.99. The number of carbonyl (C=O) groups is 1. The van der Waals surface area contributed by atoms with Crippen molar-refractivity contribution in [2.75, 3.05) is 18.9 Å². The topological polar surface area (TPSA) is 123 Å². The van der Waals surface area contributed by atoms with E-state index in [4.69, 9.17) is 4.52 Å². The number of nitrogens with one attached hydrogen (secondary N) is 2. The highest BCUT2D eigenvalue weighted by Gasteiger charge is 2.17. The summed E-state index contributed by atoms with van der Waals surface area (Å²) in [7, 11) is 1.46. The number of hydrogen-bond donors (Lipinski definition) is 2. The molecule has 0 aliphatic rings. The molecule has 0 saturated heterocycles. The van der Waals surface area contributed by atoms with Crippen molar-refractivity contribution in [1.29, 1.82) is 0 Å². The molecule has 9 heteroatoms. The van der Waals surface area contributed by atoms with Gasteiger partial charge in [-0.25, -0.2) is 0 Å². The van der Waals surface area contributed by atoms with E-state index in [1.165, 1.54) is 31.6 Å². The quantitative estimate of drug-likeness (QED) is 0.600. The van der Waals surface area contributed by atoms with Gasteiger partial charge in [0.2, 0.25) is 5.89 Å². The van der Waals surface area contributed by atoms with Crippen LogP contribution in [0.25, 0.3) is 0 Å². The zero-order chi connectivity index (χ0) is 15.2. The molecular weight excluding hydrogens is 278 g/mol. The number of nitrogens with zero attached hydrogens (tertiary/aromatic N) is 3. The molecule has 0 saturated carbocycles.